The van der Waals surface area contributed by atoms with Gasteiger partial charge < -0.3 is 9.32 Å². The minimum atomic E-state index is -0.0540. The van der Waals surface area contributed by atoms with Crippen molar-refractivity contribution in [2.24, 2.45) is 0 Å². The Morgan fingerprint density at radius 3 is 2.73 bits per heavy atom. The van der Waals surface area contributed by atoms with Gasteiger partial charge in [0.15, 0.2) is 17.4 Å². The average Bonchev–Trinajstić information content (AvgIpc) is 2.68. The monoisotopic (exact) mass is 208 g/mol. The lowest BCUT2D eigenvalue weighted by Crippen LogP contribution is -2.29. The van der Waals surface area contributed by atoms with Crippen LogP contribution in [0.2, 0.25) is 0 Å². The normalized spacial score (nSPS) is 19.3. The fraction of sp³-hybridized carbons (Fsp3) is 0.636. The zero-order valence-electron chi connectivity index (χ0n) is 9.19. The topological polar surface area (TPSA) is 46.3 Å². The van der Waals surface area contributed by atoms with Gasteiger partial charge in [-0.05, 0) is 33.0 Å². The third kappa shape index (κ3) is 2.26. The second kappa shape index (κ2) is 4.14. The third-order valence-corrected chi connectivity index (χ3v) is 2.94. The number of rotatable bonds is 2. The molecule has 1 fully saturated rings. The molecule has 1 aliphatic rings. The highest BCUT2D eigenvalue weighted by Gasteiger charge is 2.23. The lowest BCUT2D eigenvalue weighted by Gasteiger charge is -2.26. The van der Waals surface area contributed by atoms with Crippen LogP contribution in [0, 0.1) is 0 Å². The molecule has 0 aromatic carbocycles. The van der Waals surface area contributed by atoms with Gasteiger partial charge in [0.05, 0.1) is 6.20 Å². The summed E-state index contributed by atoms with van der Waals surface area (Å²) in [6.07, 6.45) is 3.67. The van der Waals surface area contributed by atoms with Crippen molar-refractivity contribution < 1.29 is 9.21 Å². The number of hydrogen-bond donors (Lipinski definition) is 0. The van der Waals surface area contributed by atoms with Gasteiger partial charge in [-0.3, -0.25) is 4.79 Å². The van der Waals surface area contributed by atoms with Crippen molar-refractivity contribution in [1.29, 1.82) is 0 Å². The Hall–Kier alpha value is -1.16. The summed E-state index contributed by atoms with van der Waals surface area (Å²) in [6.45, 7) is 3.64. The summed E-state index contributed by atoms with van der Waals surface area (Å²) in [4.78, 5) is 17.5. The van der Waals surface area contributed by atoms with Crippen molar-refractivity contribution >= 4 is 5.78 Å². The van der Waals surface area contributed by atoms with Crippen molar-refractivity contribution in [2.75, 3.05) is 20.1 Å². The molecule has 82 valence electrons. The molecule has 4 heteroatoms. The third-order valence-electron chi connectivity index (χ3n) is 2.94. The zero-order valence-corrected chi connectivity index (χ0v) is 9.19. The molecule has 4 nitrogen and oxygen atoms in total. The fourth-order valence-electron chi connectivity index (χ4n) is 1.89. The van der Waals surface area contributed by atoms with Gasteiger partial charge in [0.25, 0.3) is 0 Å². The highest BCUT2D eigenvalue weighted by molar-refractivity contribution is 5.90. The minimum absolute atomic E-state index is 0.0540. The van der Waals surface area contributed by atoms with Crippen LogP contribution in [0.5, 0.6) is 0 Å². The Morgan fingerprint density at radius 2 is 2.20 bits per heavy atom. The van der Waals surface area contributed by atoms with Crippen LogP contribution in [0.25, 0.3) is 0 Å². The Bertz CT molecular complexity index is 351. The van der Waals surface area contributed by atoms with Gasteiger partial charge in [-0.2, -0.15) is 0 Å². The number of likely N-dealkylation sites (tertiary alicyclic amines) is 1. The Balaban J connectivity index is 2.06. The lowest BCUT2D eigenvalue weighted by atomic mass is 9.97. The van der Waals surface area contributed by atoms with E-state index in [2.05, 4.69) is 16.9 Å². The summed E-state index contributed by atoms with van der Waals surface area (Å²) in [6, 6.07) is 0. The second-order valence-corrected chi connectivity index (χ2v) is 4.20. The van der Waals surface area contributed by atoms with Crippen LogP contribution in [0.3, 0.4) is 0 Å². The molecule has 1 aliphatic heterocycles. The van der Waals surface area contributed by atoms with Gasteiger partial charge in [-0.1, -0.05) is 0 Å². The highest BCUT2D eigenvalue weighted by atomic mass is 16.4. The van der Waals surface area contributed by atoms with Crippen LogP contribution in [-0.2, 0) is 0 Å². The van der Waals surface area contributed by atoms with Gasteiger partial charge in [-0.25, -0.2) is 4.98 Å². The molecule has 15 heavy (non-hydrogen) atoms. The summed E-state index contributed by atoms with van der Waals surface area (Å²) in [5.41, 5.74) is 0. The van der Waals surface area contributed by atoms with Crippen molar-refractivity contribution in [3.63, 3.8) is 0 Å². The number of oxazole rings is 1. The first-order valence-corrected chi connectivity index (χ1v) is 5.32. The first-order chi connectivity index (χ1) is 7.16. The quantitative estimate of drug-likeness (QED) is 0.694. The first-order valence-electron chi connectivity index (χ1n) is 5.32. The Morgan fingerprint density at radius 1 is 1.53 bits per heavy atom. The SMILES string of the molecule is CC(=O)c1cnc(C2CCN(C)CC2)o1. The molecule has 0 saturated carbocycles. The smallest absolute Gasteiger partial charge is 0.198 e. The molecule has 1 aromatic rings. The van der Waals surface area contributed by atoms with Crippen molar-refractivity contribution in [2.45, 2.75) is 25.7 Å². The fourth-order valence-corrected chi connectivity index (χ4v) is 1.89. The van der Waals surface area contributed by atoms with Gasteiger partial charge in [0.1, 0.15) is 0 Å². The van der Waals surface area contributed by atoms with Gasteiger partial charge in [-0.15, -0.1) is 0 Å². The van der Waals surface area contributed by atoms with E-state index in [-0.39, 0.29) is 5.78 Å². The highest BCUT2D eigenvalue weighted by Crippen LogP contribution is 2.26. The van der Waals surface area contributed by atoms with Crippen molar-refractivity contribution in [3.8, 4) is 0 Å². The van der Waals surface area contributed by atoms with E-state index in [4.69, 9.17) is 4.42 Å². The van der Waals surface area contributed by atoms with Crippen LogP contribution in [0.4, 0.5) is 0 Å². The molecular weight excluding hydrogens is 192 g/mol. The lowest BCUT2D eigenvalue weighted by molar-refractivity contribution is 0.0983. The molecule has 0 unspecified atom stereocenters. The van der Waals surface area contributed by atoms with E-state index in [0.717, 1.165) is 31.8 Å². The molecule has 2 rings (SSSR count). The molecule has 0 N–H and O–H groups in total. The molecular formula is C11H16N2O2. The van der Waals surface area contributed by atoms with E-state index >= 15 is 0 Å². The maximum absolute atomic E-state index is 11.1. The van der Waals surface area contributed by atoms with Gasteiger partial charge in [0, 0.05) is 12.8 Å². The largest absolute Gasteiger partial charge is 0.437 e. The molecule has 2 heterocycles. The van der Waals surface area contributed by atoms with Crippen molar-refractivity contribution in [1.82, 2.24) is 9.88 Å². The van der Waals surface area contributed by atoms with Crippen LogP contribution < -0.4 is 0 Å². The number of piperidine rings is 1. The Kier molecular flexibility index (Phi) is 2.86. The van der Waals surface area contributed by atoms with Crippen LogP contribution in [0.1, 0.15) is 42.1 Å². The number of hydrogen-bond acceptors (Lipinski definition) is 4. The number of nitrogens with zero attached hydrogens (tertiary/aromatic N) is 2. The second-order valence-electron chi connectivity index (χ2n) is 4.20. The number of aromatic nitrogens is 1. The van der Waals surface area contributed by atoms with Gasteiger partial charge >= 0.3 is 0 Å². The van der Waals surface area contributed by atoms with E-state index in [9.17, 15) is 4.79 Å². The Labute approximate surface area is 89.3 Å². The summed E-state index contributed by atoms with van der Waals surface area (Å²) < 4.78 is 5.44. The van der Waals surface area contributed by atoms with Crippen LogP contribution in [-0.4, -0.2) is 35.8 Å². The molecule has 1 aromatic heterocycles. The summed E-state index contributed by atoms with van der Waals surface area (Å²) in [5, 5.41) is 0. The summed E-state index contributed by atoms with van der Waals surface area (Å²) in [5.74, 6) is 1.44. The molecule has 0 atom stereocenters. The van der Waals surface area contributed by atoms with Crippen LogP contribution >= 0.6 is 0 Å². The number of carbonyl (C=O) groups is 1. The number of Topliss-reactive ketones (excluding diaryl/α,β-unsaturated/α-hetero) is 1. The molecule has 1 saturated heterocycles. The minimum Gasteiger partial charge on any atom is -0.437 e. The predicted octanol–water partition coefficient (Wildman–Crippen LogP) is 1.69. The van der Waals surface area contributed by atoms with Gasteiger partial charge in [0.2, 0.25) is 0 Å². The maximum atomic E-state index is 11.1. The maximum Gasteiger partial charge on any atom is 0.198 e. The predicted molar refractivity (Wildman–Crippen MR) is 56.0 cm³/mol. The average molecular weight is 208 g/mol. The van der Waals surface area contributed by atoms with Crippen LogP contribution in [0.15, 0.2) is 10.6 Å². The standard InChI is InChI=1S/C11H16N2O2/c1-8(14)10-7-12-11(15-10)9-3-5-13(2)6-4-9/h7,9H,3-6H2,1-2H3. The van der Waals surface area contributed by atoms with E-state index in [1.807, 2.05) is 0 Å². The molecule has 0 amide bonds. The van der Waals surface area contributed by atoms with E-state index in [0.29, 0.717) is 11.7 Å². The summed E-state index contributed by atoms with van der Waals surface area (Å²) in [7, 11) is 2.12. The molecule has 0 aliphatic carbocycles. The zero-order chi connectivity index (χ0) is 10.8. The number of carbonyl (C=O) groups excluding carboxylic acids is 1. The van der Waals surface area contributed by atoms with E-state index in [1.54, 1.807) is 0 Å². The molecule has 0 radical (unpaired) electrons. The first kappa shape index (κ1) is 10.4. The molecule has 0 bridgehead atoms. The number of ketones is 1. The molecule has 0 spiro atoms. The van der Waals surface area contributed by atoms with Crippen molar-refractivity contribution in [3.05, 3.63) is 17.8 Å². The van der Waals surface area contributed by atoms with E-state index in [1.165, 1.54) is 13.1 Å². The summed E-state index contributed by atoms with van der Waals surface area (Å²) >= 11 is 0. The van der Waals surface area contributed by atoms with E-state index < -0.39 is 0 Å².